The molecule has 0 radical (unpaired) electrons. The highest BCUT2D eigenvalue weighted by Crippen LogP contribution is 2.36. The number of aromatic nitrogens is 2. The van der Waals surface area contributed by atoms with Gasteiger partial charge in [0.2, 0.25) is 5.82 Å². The van der Waals surface area contributed by atoms with Crippen LogP contribution in [0.2, 0.25) is 0 Å². The van der Waals surface area contributed by atoms with Gasteiger partial charge < -0.3 is 19.6 Å². The quantitative estimate of drug-likeness (QED) is 0.593. The van der Waals surface area contributed by atoms with Crippen LogP contribution in [0.1, 0.15) is 6.42 Å². The van der Waals surface area contributed by atoms with Crippen LogP contribution in [-0.2, 0) is 0 Å². The number of aliphatic hydroxyl groups is 1. The van der Waals surface area contributed by atoms with Crippen LogP contribution in [0.25, 0.3) is 0 Å². The van der Waals surface area contributed by atoms with Crippen molar-refractivity contribution in [3.63, 3.8) is 0 Å². The molecule has 1 aliphatic heterocycles. The van der Waals surface area contributed by atoms with E-state index in [1.165, 1.54) is 13.4 Å². The first-order valence-electron chi connectivity index (χ1n) is 6.56. The average molecular weight is 297 g/mol. The zero-order valence-electron chi connectivity index (χ0n) is 12.3. The molecule has 1 aromatic heterocycles. The number of nitrogens with zero attached hydrogens (tertiary/aromatic N) is 5. The molecule has 0 amide bonds. The van der Waals surface area contributed by atoms with Gasteiger partial charge in [-0.2, -0.15) is 4.98 Å². The number of nitro groups is 1. The van der Waals surface area contributed by atoms with Crippen molar-refractivity contribution in [2.45, 2.75) is 18.6 Å². The summed E-state index contributed by atoms with van der Waals surface area (Å²) >= 11 is 0. The highest BCUT2D eigenvalue weighted by atomic mass is 16.6. The minimum atomic E-state index is -0.550. The van der Waals surface area contributed by atoms with Crippen molar-refractivity contribution in [1.82, 2.24) is 14.9 Å². The molecule has 1 saturated heterocycles. The van der Waals surface area contributed by atoms with Gasteiger partial charge in [-0.25, -0.2) is 4.98 Å². The SMILES string of the molecule is COc1ncnc(N2CC(O)CC2CN(C)C)c1[N+](=O)[O-]. The van der Waals surface area contributed by atoms with Crippen molar-refractivity contribution in [3.05, 3.63) is 16.4 Å². The number of β-amino-alcohol motifs (C(OH)–C–C–N with tert-alkyl or cyclic N) is 1. The van der Waals surface area contributed by atoms with Crippen LogP contribution in [0.3, 0.4) is 0 Å². The van der Waals surface area contributed by atoms with E-state index in [0.29, 0.717) is 19.5 Å². The number of aliphatic hydroxyl groups excluding tert-OH is 1. The van der Waals surface area contributed by atoms with Crippen molar-refractivity contribution < 1.29 is 14.8 Å². The molecule has 0 spiro atoms. The second-order valence-corrected chi connectivity index (χ2v) is 5.27. The van der Waals surface area contributed by atoms with Crippen LogP contribution < -0.4 is 9.64 Å². The minimum Gasteiger partial charge on any atom is -0.476 e. The first-order valence-corrected chi connectivity index (χ1v) is 6.56. The summed E-state index contributed by atoms with van der Waals surface area (Å²) in [5.74, 6) is 0.116. The van der Waals surface area contributed by atoms with Gasteiger partial charge in [0.15, 0.2) is 0 Å². The molecule has 1 N–H and O–H groups in total. The molecule has 2 unspecified atom stereocenters. The highest BCUT2D eigenvalue weighted by Gasteiger charge is 2.37. The molecule has 9 heteroatoms. The summed E-state index contributed by atoms with van der Waals surface area (Å²) in [5, 5.41) is 21.2. The highest BCUT2D eigenvalue weighted by molar-refractivity contribution is 5.63. The lowest BCUT2D eigenvalue weighted by Gasteiger charge is -2.27. The van der Waals surface area contributed by atoms with E-state index in [1.54, 1.807) is 4.90 Å². The normalized spacial score (nSPS) is 21.9. The Hall–Kier alpha value is -2.00. The second kappa shape index (κ2) is 6.19. The van der Waals surface area contributed by atoms with Crippen LogP contribution in [0.15, 0.2) is 6.33 Å². The Kier molecular flexibility index (Phi) is 4.53. The third-order valence-corrected chi connectivity index (χ3v) is 3.39. The van der Waals surface area contributed by atoms with E-state index >= 15 is 0 Å². The van der Waals surface area contributed by atoms with Gasteiger partial charge >= 0.3 is 5.69 Å². The number of rotatable bonds is 5. The third kappa shape index (κ3) is 3.19. The first-order chi connectivity index (χ1) is 9.93. The zero-order valence-corrected chi connectivity index (χ0v) is 12.3. The van der Waals surface area contributed by atoms with Crippen LogP contribution in [0.4, 0.5) is 11.5 Å². The second-order valence-electron chi connectivity index (χ2n) is 5.27. The summed E-state index contributed by atoms with van der Waals surface area (Å²) in [4.78, 5) is 22.3. The maximum Gasteiger partial charge on any atom is 0.372 e. The van der Waals surface area contributed by atoms with Gasteiger partial charge in [-0.05, 0) is 20.5 Å². The van der Waals surface area contributed by atoms with E-state index in [4.69, 9.17) is 4.74 Å². The molecular formula is C12H19N5O4. The Labute approximate surface area is 122 Å². The Morgan fingerprint density at radius 2 is 2.29 bits per heavy atom. The van der Waals surface area contributed by atoms with E-state index in [0.717, 1.165) is 0 Å². The van der Waals surface area contributed by atoms with E-state index in [9.17, 15) is 15.2 Å². The van der Waals surface area contributed by atoms with Gasteiger partial charge in [0.05, 0.1) is 18.1 Å². The van der Waals surface area contributed by atoms with E-state index in [1.807, 2.05) is 19.0 Å². The Morgan fingerprint density at radius 1 is 1.57 bits per heavy atom. The summed E-state index contributed by atoms with van der Waals surface area (Å²) in [6, 6.07) is -0.0479. The summed E-state index contributed by atoms with van der Waals surface area (Å²) < 4.78 is 4.96. The van der Waals surface area contributed by atoms with Crippen molar-refractivity contribution >= 4 is 11.5 Å². The molecule has 0 bridgehead atoms. The van der Waals surface area contributed by atoms with Gasteiger partial charge in [0.25, 0.3) is 5.88 Å². The monoisotopic (exact) mass is 297 g/mol. The molecule has 1 aromatic rings. The predicted molar refractivity (Wildman–Crippen MR) is 75.6 cm³/mol. The lowest BCUT2D eigenvalue weighted by molar-refractivity contribution is -0.385. The number of anilines is 1. The number of methoxy groups -OCH3 is 1. The van der Waals surface area contributed by atoms with Crippen LogP contribution >= 0.6 is 0 Å². The first kappa shape index (κ1) is 15.4. The van der Waals surface area contributed by atoms with Crippen LogP contribution in [0, 0.1) is 10.1 Å². The fourth-order valence-corrected chi connectivity index (χ4v) is 2.62. The largest absolute Gasteiger partial charge is 0.476 e. The lowest BCUT2D eigenvalue weighted by atomic mass is 10.2. The molecule has 116 valence electrons. The smallest absolute Gasteiger partial charge is 0.372 e. The lowest BCUT2D eigenvalue weighted by Crippen LogP contribution is -2.38. The van der Waals surface area contributed by atoms with Gasteiger partial charge in [-0.3, -0.25) is 10.1 Å². The van der Waals surface area contributed by atoms with Gasteiger partial charge in [0.1, 0.15) is 6.33 Å². The summed E-state index contributed by atoms with van der Waals surface area (Å²) in [5.41, 5.74) is -0.266. The molecule has 0 aromatic carbocycles. The zero-order chi connectivity index (χ0) is 15.6. The van der Waals surface area contributed by atoms with E-state index < -0.39 is 11.0 Å². The fraction of sp³-hybridized carbons (Fsp3) is 0.667. The molecule has 1 fully saturated rings. The molecule has 0 aliphatic carbocycles. The molecule has 2 atom stereocenters. The third-order valence-electron chi connectivity index (χ3n) is 3.39. The van der Waals surface area contributed by atoms with Crippen molar-refractivity contribution in [2.24, 2.45) is 0 Å². The molecule has 2 heterocycles. The van der Waals surface area contributed by atoms with Gasteiger partial charge in [-0.1, -0.05) is 0 Å². The molecular weight excluding hydrogens is 278 g/mol. The van der Waals surface area contributed by atoms with Crippen molar-refractivity contribution in [3.8, 4) is 5.88 Å². The maximum absolute atomic E-state index is 11.3. The number of ether oxygens (including phenoxy) is 1. The number of hydrogen-bond acceptors (Lipinski definition) is 8. The van der Waals surface area contributed by atoms with E-state index in [2.05, 4.69) is 9.97 Å². The number of likely N-dealkylation sites (N-methyl/N-ethyl adjacent to an activating group) is 1. The number of hydrogen-bond donors (Lipinski definition) is 1. The maximum atomic E-state index is 11.3. The van der Waals surface area contributed by atoms with E-state index in [-0.39, 0.29) is 23.4 Å². The predicted octanol–water partition coefficient (Wildman–Crippen LogP) is -0.105. The Balaban J connectivity index is 2.42. The molecule has 9 nitrogen and oxygen atoms in total. The molecule has 21 heavy (non-hydrogen) atoms. The standard InChI is InChI=1S/C12H19N5O4/c1-15(2)5-8-4-9(18)6-16(8)11-10(17(19)20)12(21-3)14-7-13-11/h7-9,18H,4-6H2,1-3H3. The minimum absolute atomic E-state index is 0.0479. The van der Waals surface area contributed by atoms with Gasteiger partial charge in [0, 0.05) is 19.1 Å². The summed E-state index contributed by atoms with van der Waals surface area (Å²) in [6.45, 7) is 0.972. The Bertz CT molecular complexity index is 524. The summed E-state index contributed by atoms with van der Waals surface area (Å²) in [7, 11) is 5.16. The topological polar surface area (TPSA) is 105 Å². The van der Waals surface area contributed by atoms with Crippen LogP contribution in [0.5, 0.6) is 5.88 Å². The average Bonchev–Trinajstić information content (AvgIpc) is 2.77. The van der Waals surface area contributed by atoms with Crippen molar-refractivity contribution in [1.29, 1.82) is 0 Å². The fourth-order valence-electron chi connectivity index (χ4n) is 2.62. The van der Waals surface area contributed by atoms with Crippen LogP contribution in [-0.4, -0.2) is 71.3 Å². The molecule has 0 saturated carbocycles. The van der Waals surface area contributed by atoms with Gasteiger partial charge in [-0.15, -0.1) is 0 Å². The Morgan fingerprint density at radius 3 is 2.86 bits per heavy atom. The molecule has 1 aliphatic rings. The summed E-state index contributed by atoms with van der Waals surface area (Å²) in [6.07, 6.45) is 1.25. The van der Waals surface area contributed by atoms with Crippen molar-refractivity contribution in [2.75, 3.05) is 39.2 Å². The molecule has 2 rings (SSSR count).